The van der Waals surface area contributed by atoms with Gasteiger partial charge in [-0.15, -0.1) is 0 Å². The first-order valence-corrected chi connectivity index (χ1v) is 12.6. The summed E-state index contributed by atoms with van der Waals surface area (Å²) in [5.41, 5.74) is 7.87. The molecule has 10 nitrogen and oxygen atoms in total. The van der Waals surface area contributed by atoms with Crippen LogP contribution in [0.2, 0.25) is 0 Å². The molecule has 0 radical (unpaired) electrons. The standard InChI is InChI=1S/C27H30N4O4.C2HF3O2/c28-25(29)22-13-7-14-23(18-22)34-16-8-15-30-26(32)24(17-20-9-3-1-4-10-20)31-27(33)35-19-21-11-5-2-6-12-21;3-2(4,5)1(6)7/h1-7,9-14,18,24H,8,15-17,19H2,(H3,28,29)(H,30,32)(H,31,33);(H,6,7)/t24-;/m1./s1. The van der Waals surface area contributed by atoms with Gasteiger partial charge in [-0.05, 0) is 29.7 Å². The summed E-state index contributed by atoms with van der Waals surface area (Å²) in [6.45, 7) is 0.864. The number of carbonyl (C=O) groups is 3. The van der Waals surface area contributed by atoms with E-state index in [1.54, 1.807) is 24.3 Å². The number of alkyl halides is 3. The fraction of sp³-hybridized carbons (Fsp3) is 0.241. The van der Waals surface area contributed by atoms with Crippen LogP contribution in [0, 0.1) is 5.41 Å². The van der Waals surface area contributed by atoms with Gasteiger partial charge in [0.05, 0.1) is 6.61 Å². The third-order valence-corrected chi connectivity index (χ3v) is 5.38. The van der Waals surface area contributed by atoms with E-state index >= 15 is 0 Å². The molecule has 224 valence electrons. The minimum atomic E-state index is -5.08. The van der Waals surface area contributed by atoms with Crippen molar-refractivity contribution >= 4 is 23.8 Å². The van der Waals surface area contributed by atoms with E-state index in [0.717, 1.165) is 11.1 Å². The number of halogens is 3. The van der Waals surface area contributed by atoms with Crippen LogP contribution in [0.4, 0.5) is 18.0 Å². The molecule has 0 aromatic heterocycles. The van der Waals surface area contributed by atoms with Gasteiger partial charge in [0.2, 0.25) is 5.91 Å². The zero-order valence-corrected chi connectivity index (χ0v) is 22.4. The van der Waals surface area contributed by atoms with Crippen LogP contribution in [-0.2, 0) is 27.4 Å². The Hall–Kier alpha value is -5.07. The molecular formula is C29H31F3N4O6. The maximum Gasteiger partial charge on any atom is 0.490 e. The second-order valence-corrected chi connectivity index (χ2v) is 8.69. The van der Waals surface area contributed by atoms with Crippen LogP contribution >= 0.6 is 0 Å². The molecule has 0 bridgehead atoms. The van der Waals surface area contributed by atoms with Crippen LogP contribution in [0.1, 0.15) is 23.1 Å². The Kier molecular flexibility index (Phi) is 13.3. The number of ether oxygens (including phenoxy) is 2. The molecule has 13 heteroatoms. The lowest BCUT2D eigenvalue weighted by Crippen LogP contribution is -2.48. The van der Waals surface area contributed by atoms with Gasteiger partial charge in [0.15, 0.2) is 0 Å². The first-order chi connectivity index (χ1) is 20.0. The van der Waals surface area contributed by atoms with Crippen LogP contribution in [-0.4, -0.2) is 54.3 Å². The lowest BCUT2D eigenvalue weighted by Gasteiger charge is -2.19. The summed E-state index contributed by atoms with van der Waals surface area (Å²) in [7, 11) is 0. The van der Waals surface area contributed by atoms with Crippen LogP contribution in [0.15, 0.2) is 84.9 Å². The summed E-state index contributed by atoms with van der Waals surface area (Å²) in [6, 6.07) is 25.0. The number of carboxylic acid groups (broad SMARTS) is 1. The van der Waals surface area contributed by atoms with Gasteiger partial charge in [-0.1, -0.05) is 72.8 Å². The predicted molar refractivity (Wildman–Crippen MR) is 148 cm³/mol. The molecular weight excluding hydrogens is 557 g/mol. The molecule has 0 saturated heterocycles. The molecule has 42 heavy (non-hydrogen) atoms. The maximum absolute atomic E-state index is 12.9. The molecule has 0 saturated carbocycles. The van der Waals surface area contributed by atoms with Crippen LogP contribution in [0.3, 0.4) is 0 Å². The number of nitrogens with one attached hydrogen (secondary N) is 3. The Morgan fingerprint density at radius 1 is 0.929 bits per heavy atom. The highest BCUT2D eigenvalue weighted by molar-refractivity contribution is 5.95. The first-order valence-electron chi connectivity index (χ1n) is 12.6. The molecule has 0 aliphatic rings. The van der Waals surface area contributed by atoms with E-state index in [4.69, 9.17) is 30.5 Å². The van der Waals surface area contributed by atoms with Crippen LogP contribution in [0.5, 0.6) is 5.75 Å². The van der Waals surface area contributed by atoms with Crippen molar-refractivity contribution in [2.24, 2.45) is 5.73 Å². The molecule has 0 fully saturated rings. The van der Waals surface area contributed by atoms with Crippen LogP contribution < -0.4 is 21.1 Å². The molecule has 0 unspecified atom stereocenters. The van der Waals surface area contributed by atoms with Crippen molar-refractivity contribution in [1.82, 2.24) is 10.6 Å². The van der Waals surface area contributed by atoms with E-state index in [1.165, 1.54) is 0 Å². The summed E-state index contributed by atoms with van der Waals surface area (Å²) in [5, 5.41) is 20.2. The van der Waals surface area contributed by atoms with Crippen molar-refractivity contribution in [3.63, 3.8) is 0 Å². The molecule has 2 amide bonds. The number of nitrogen functional groups attached to an aromatic ring is 1. The third kappa shape index (κ3) is 12.9. The van der Waals surface area contributed by atoms with Gasteiger partial charge >= 0.3 is 18.2 Å². The minimum absolute atomic E-state index is 0.0260. The molecule has 1 atom stereocenters. The Bertz CT molecular complexity index is 1310. The number of amides is 2. The number of amidine groups is 1. The van der Waals surface area contributed by atoms with Crippen molar-refractivity contribution in [2.75, 3.05) is 13.2 Å². The average Bonchev–Trinajstić information content (AvgIpc) is 2.96. The summed E-state index contributed by atoms with van der Waals surface area (Å²) < 4.78 is 42.7. The number of carbonyl (C=O) groups excluding carboxylic acids is 2. The third-order valence-electron chi connectivity index (χ3n) is 5.38. The van der Waals surface area contributed by atoms with Crippen molar-refractivity contribution in [2.45, 2.75) is 31.7 Å². The van der Waals surface area contributed by atoms with Gasteiger partial charge in [-0.3, -0.25) is 10.2 Å². The topological polar surface area (TPSA) is 164 Å². The van der Waals surface area contributed by atoms with Gasteiger partial charge in [-0.25, -0.2) is 9.59 Å². The normalized spacial score (nSPS) is 11.2. The monoisotopic (exact) mass is 588 g/mol. The quantitative estimate of drug-likeness (QED) is 0.121. The van der Waals surface area contributed by atoms with Crippen molar-refractivity contribution in [1.29, 1.82) is 5.41 Å². The highest BCUT2D eigenvalue weighted by atomic mass is 19.4. The number of hydrogen-bond donors (Lipinski definition) is 5. The Morgan fingerprint density at radius 3 is 2.10 bits per heavy atom. The largest absolute Gasteiger partial charge is 0.494 e. The minimum Gasteiger partial charge on any atom is -0.494 e. The molecule has 3 rings (SSSR count). The highest BCUT2D eigenvalue weighted by Crippen LogP contribution is 2.14. The first kappa shape index (κ1) is 33.1. The number of alkyl carbamates (subject to hydrolysis) is 1. The van der Waals surface area contributed by atoms with Crippen molar-refractivity contribution in [3.05, 3.63) is 102 Å². The molecule has 0 aliphatic carbocycles. The number of hydrogen-bond acceptors (Lipinski definition) is 6. The summed E-state index contributed by atoms with van der Waals surface area (Å²) in [4.78, 5) is 34.1. The van der Waals surface area contributed by atoms with Gasteiger partial charge < -0.3 is 30.9 Å². The number of carboxylic acids is 1. The molecule has 0 heterocycles. The molecule has 3 aromatic carbocycles. The predicted octanol–water partition coefficient (Wildman–Crippen LogP) is 4.03. The zero-order valence-electron chi connectivity index (χ0n) is 22.4. The Labute approximate surface area is 240 Å². The van der Waals surface area contributed by atoms with E-state index in [0.29, 0.717) is 37.3 Å². The smallest absolute Gasteiger partial charge is 0.490 e. The Balaban J connectivity index is 0.000000782. The number of aliphatic carboxylic acids is 1. The fourth-order valence-corrected chi connectivity index (χ4v) is 3.32. The van der Waals surface area contributed by atoms with Crippen molar-refractivity contribution in [3.8, 4) is 5.75 Å². The number of rotatable bonds is 12. The van der Waals surface area contributed by atoms with E-state index in [-0.39, 0.29) is 18.3 Å². The van der Waals surface area contributed by atoms with Crippen LogP contribution in [0.25, 0.3) is 0 Å². The summed E-state index contributed by atoms with van der Waals surface area (Å²) in [6.07, 6.45) is -4.84. The van der Waals surface area contributed by atoms with E-state index in [2.05, 4.69) is 10.6 Å². The van der Waals surface area contributed by atoms with Crippen molar-refractivity contribution < 1.29 is 42.1 Å². The highest BCUT2D eigenvalue weighted by Gasteiger charge is 2.38. The Morgan fingerprint density at radius 2 is 1.52 bits per heavy atom. The molecule has 0 aliphatic heterocycles. The number of nitrogens with two attached hydrogens (primary N) is 1. The van der Waals surface area contributed by atoms with Gasteiger partial charge in [0, 0.05) is 18.5 Å². The van der Waals surface area contributed by atoms with Gasteiger partial charge in [-0.2, -0.15) is 13.2 Å². The summed E-state index contributed by atoms with van der Waals surface area (Å²) in [5.74, 6) is -2.48. The lowest BCUT2D eigenvalue weighted by atomic mass is 10.1. The average molecular weight is 589 g/mol. The number of benzene rings is 3. The zero-order chi connectivity index (χ0) is 31.0. The van der Waals surface area contributed by atoms with E-state index in [1.807, 2.05) is 60.7 Å². The molecule has 6 N–H and O–H groups in total. The SMILES string of the molecule is N=C(N)c1cccc(OCCCNC(=O)[C@@H](Cc2ccccc2)NC(=O)OCc2ccccc2)c1.O=C(O)C(F)(F)F. The van der Waals surface area contributed by atoms with Gasteiger partial charge in [0.25, 0.3) is 0 Å². The second kappa shape index (κ2) is 16.9. The van der Waals surface area contributed by atoms with Gasteiger partial charge in [0.1, 0.15) is 24.2 Å². The molecule has 0 spiro atoms. The fourth-order valence-electron chi connectivity index (χ4n) is 3.32. The maximum atomic E-state index is 12.9. The summed E-state index contributed by atoms with van der Waals surface area (Å²) >= 11 is 0. The van der Waals surface area contributed by atoms with E-state index in [9.17, 15) is 22.8 Å². The lowest BCUT2D eigenvalue weighted by molar-refractivity contribution is -0.192. The second-order valence-electron chi connectivity index (χ2n) is 8.69. The van der Waals surface area contributed by atoms with E-state index < -0.39 is 24.3 Å². The molecule has 3 aromatic rings.